The van der Waals surface area contributed by atoms with Gasteiger partial charge in [-0.2, -0.15) is 0 Å². The summed E-state index contributed by atoms with van der Waals surface area (Å²) in [6.45, 7) is 23.7. The summed E-state index contributed by atoms with van der Waals surface area (Å²) in [5.74, 6) is -1.22. The molecule has 0 N–H and O–H groups in total. The van der Waals surface area contributed by atoms with E-state index in [1.807, 2.05) is 20.8 Å². The molecule has 4 aromatic carbocycles. The van der Waals surface area contributed by atoms with Crippen LogP contribution in [0.4, 0.5) is 0 Å². The first-order valence-electron chi connectivity index (χ1n) is 17.8. The maximum atomic E-state index is 16.5. The van der Waals surface area contributed by atoms with Crippen molar-refractivity contribution in [2.45, 2.75) is 89.5 Å². The van der Waals surface area contributed by atoms with Gasteiger partial charge < -0.3 is 0 Å². The molecule has 0 radical (unpaired) electrons. The number of aryl methyl sites for hydroxylation is 11. The number of hydrogen-bond acceptors (Lipinski definition) is 7. The zero-order valence-corrected chi connectivity index (χ0v) is 35.1. The fourth-order valence-corrected chi connectivity index (χ4v) is 14.7. The summed E-state index contributed by atoms with van der Waals surface area (Å²) in [6.07, 6.45) is 0.824. The first-order chi connectivity index (χ1) is 25.1. The summed E-state index contributed by atoms with van der Waals surface area (Å²) in [5.41, 5.74) is -0.0468. The molecule has 1 atom stereocenters. The van der Waals surface area contributed by atoms with Crippen LogP contribution in [-0.2, 0) is 13.9 Å². The first kappa shape index (κ1) is 42.0. The van der Waals surface area contributed by atoms with Gasteiger partial charge in [0, 0.05) is 28.7 Å². The zero-order valence-electron chi connectivity index (χ0n) is 33.3. The largest absolute Gasteiger partial charge is 0.316 e. The Balaban J connectivity index is 2.32. The number of amides is 1. The van der Waals surface area contributed by atoms with Crippen LogP contribution in [0, 0.1) is 76.2 Å². The van der Waals surface area contributed by atoms with Gasteiger partial charge >= 0.3 is 14.6 Å². The molecule has 0 aliphatic rings. The molecule has 1 amide bonds. The molecule has 282 valence electrons. The second-order valence-electron chi connectivity index (χ2n) is 14.5. The van der Waals surface area contributed by atoms with E-state index in [0.29, 0.717) is 38.9 Å². The smallest absolute Gasteiger partial charge is 0.283 e. The number of carbonyl (C=O) groups excluding carboxylic acids is 5. The summed E-state index contributed by atoms with van der Waals surface area (Å²) in [4.78, 5) is 76.1. The van der Waals surface area contributed by atoms with Gasteiger partial charge in [-0.05, 0) is 121 Å². The van der Waals surface area contributed by atoms with Crippen LogP contribution in [-0.4, -0.2) is 32.4 Å². The van der Waals surface area contributed by atoms with E-state index in [1.165, 1.54) is 13.0 Å². The lowest BCUT2D eigenvalue weighted by Gasteiger charge is -2.36. The predicted octanol–water partition coefficient (Wildman–Crippen LogP) is 11.2. The minimum atomic E-state index is -5.78. The summed E-state index contributed by atoms with van der Waals surface area (Å²) >= 11 is 0. The van der Waals surface area contributed by atoms with Crippen LogP contribution < -0.4 is 0 Å². The van der Waals surface area contributed by atoms with E-state index in [-0.39, 0.29) is 32.3 Å². The van der Waals surface area contributed by atoms with Gasteiger partial charge in [-0.1, -0.05) is 90.4 Å². The van der Waals surface area contributed by atoms with Crippen molar-refractivity contribution in [2.24, 2.45) is 0 Å². The Morgan fingerprint density at radius 3 is 0.981 bits per heavy atom. The Kier molecular flexibility index (Phi) is 12.1. The monoisotopic (exact) mass is 765 g/mol. The molecule has 0 aliphatic carbocycles. The van der Waals surface area contributed by atoms with E-state index in [4.69, 9.17) is 0 Å². The quantitative estimate of drug-likeness (QED) is 0.132. The summed E-state index contributed by atoms with van der Waals surface area (Å²) in [7, 11) is -11.5. The highest BCUT2D eigenvalue weighted by atomic mass is 31.2. The third-order valence-corrected chi connectivity index (χ3v) is 15.9. The van der Waals surface area contributed by atoms with Crippen LogP contribution in [0.25, 0.3) is 6.08 Å². The molecule has 0 aliphatic heterocycles. The average molecular weight is 766 g/mol. The highest BCUT2D eigenvalue weighted by molar-refractivity contribution is 8.06. The highest BCUT2D eigenvalue weighted by Gasteiger charge is 2.62. The second-order valence-corrected chi connectivity index (χ2v) is 19.5. The van der Waals surface area contributed by atoms with E-state index in [2.05, 4.69) is 6.58 Å². The molecule has 4 aromatic rings. The van der Waals surface area contributed by atoms with Gasteiger partial charge in [0.15, 0.2) is 0 Å². The third kappa shape index (κ3) is 7.10. The van der Waals surface area contributed by atoms with Gasteiger partial charge in [-0.15, -0.1) is 0 Å². The van der Waals surface area contributed by atoms with Gasteiger partial charge in [0.25, 0.3) is 0 Å². The normalized spacial score (nSPS) is 12.5. The fraction of sp³-hybridized carbons (Fsp3) is 0.295. The summed E-state index contributed by atoms with van der Waals surface area (Å²) < 4.78 is 33.1. The maximum absolute atomic E-state index is 16.5. The van der Waals surface area contributed by atoms with Crippen LogP contribution in [0.3, 0.4) is 0 Å². The van der Waals surface area contributed by atoms with Crippen LogP contribution in [0.1, 0.15) is 122 Å². The topological polar surface area (TPSA) is 123 Å². The Labute approximate surface area is 318 Å². The Morgan fingerprint density at radius 2 is 0.722 bits per heavy atom. The molecule has 0 bridgehead atoms. The van der Waals surface area contributed by atoms with Crippen molar-refractivity contribution in [1.82, 2.24) is 4.44 Å². The van der Waals surface area contributed by atoms with E-state index >= 15 is 28.3 Å². The van der Waals surface area contributed by atoms with Crippen LogP contribution >= 0.6 is 14.6 Å². The predicted molar refractivity (Wildman–Crippen MR) is 218 cm³/mol. The van der Waals surface area contributed by atoms with E-state index in [1.54, 1.807) is 104 Å². The van der Waals surface area contributed by atoms with Gasteiger partial charge in [0.05, 0.1) is 0 Å². The lowest BCUT2D eigenvalue weighted by atomic mass is 10.00. The van der Waals surface area contributed by atoms with E-state index < -0.39 is 49.0 Å². The molecule has 0 saturated carbocycles. The molecule has 54 heavy (non-hydrogen) atoms. The van der Waals surface area contributed by atoms with Crippen molar-refractivity contribution in [3.63, 3.8) is 0 Å². The van der Waals surface area contributed by atoms with Crippen molar-refractivity contribution in [2.75, 3.05) is 0 Å². The molecule has 0 aromatic heterocycles. The molecule has 0 heterocycles. The minimum absolute atomic E-state index is 0.124. The molecule has 0 spiro atoms. The van der Waals surface area contributed by atoms with Gasteiger partial charge in [-0.25, -0.2) is 4.44 Å². The Hall–Kier alpha value is -4.77. The lowest BCUT2D eigenvalue weighted by molar-refractivity contribution is -0.123. The molecular weight excluding hydrogens is 716 g/mol. The van der Waals surface area contributed by atoms with E-state index in [9.17, 15) is 4.79 Å². The lowest BCUT2D eigenvalue weighted by Crippen LogP contribution is -2.37. The molecule has 0 fully saturated rings. The van der Waals surface area contributed by atoms with Crippen LogP contribution in [0.5, 0.6) is 0 Å². The standard InChI is InChI=1S/C44H49NO7P2/c1-14-35-23-27(6)22-34(13)40(35)44(50)54(52,43(49)39-32(11)20-26(5)21-33(39)12)45(36(46)15-2)53(51,41(47)37-28(7)16-24(3)17-29(37)8)42(48)38-30(9)18-25(4)19-31(38)10/h14,16-23H,1,15H2,2-13H3. The van der Waals surface area contributed by atoms with Crippen molar-refractivity contribution in [1.29, 1.82) is 0 Å². The average Bonchev–Trinajstić information content (AvgIpc) is 3.05. The fourth-order valence-electron chi connectivity index (χ4n) is 7.77. The SMILES string of the molecule is C=Cc1cc(C)cc(C)c1C(=O)P(=O)(C(=O)c1c(C)cc(C)cc1C)N(C(=O)CC)P(=O)(C(=O)c1c(C)cc(C)cc1C)C(=O)c1c(C)cc(C)cc1C. The van der Waals surface area contributed by atoms with E-state index in [0.717, 1.165) is 22.3 Å². The molecular formula is C44H49NO7P2. The van der Waals surface area contributed by atoms with Gasteiger partial charge in [0.1, 0.15) is 0 Å². The number of nitrogens with zero attached hydrogens (tertiary/aromatic N) is 1. The molecule has 1 unspecified atom stereocenters. The van der Waals surface area contributed by atoms with Gasteiger partial charge in [-0.3, -0.25) is 33.1 Å². The molecule has 0 saturated heterocycles. The highest BCUT2D eigenvalue weighted by Crippen LogP contribution is 2.72. The maximum Gasteiger partial charge on any atom is 0.316 e. The van der Waals surface area contributed by atoms with Crippen molar-refractivity contribution >= 4 is 48.7 Å². The molecule has 4 rings (SSSR count). The van der Waals surface area contributed by atoms with Crippen LogP contribution in [0.15, 0.2) is 55.1 Å². The van der Waals surface area contributed by atoms with Gasteiger partial charge in [0.2, 0.25) is 28.0 Å². The second kappa shape index (κ2) is 15.5. The minimum Gasteiger partial charge on any atom is -0.283 e. The Morgan fingerprint density at radius 1 is 0.481 bits per heavy atom. The molecule has 8 nitrogen and oxygen atoms in total. The van der Waals surface area contributed by atoms with Crippen molar-refractivity contribution < 1.29 is 33.1 Å². The number of rotatable bonds is 12. The van der Waals surface area contributed by atoms with Crippen molar-refractivity contribution in [3.05, 3.63) is 144 Å². The molecule has 10 heteroatoms. The number of hydrogen-bond donors (Lipinski definition) is 0. The summed E-state index contributed by atoms with van der Waals surface area (Å²) in [5, 5.41) is 0. The summed E-state index contributed by atoms with van der Waals surface area (Å²) in [6, 6.07) is 13.3. The number of benzene rings is 4. The van der Waals surface area contributed by atoms with Crippen LogP contribution in [0.2, 0.25) is 0 Å². The first-order valence-corrected chi connectivity index (χ1v) is 21.1. The Bertz CT molecular complexity index is 2280. The third-order valence-electron chi connectivity index (χ3n) is 9.78. The number of carbonyl (C=O) groups is 5. The zero-order chi connectivity index (χ0) is 40.8. The van der Waals surface area contributed by atoms with Crippen molar-refractivity contribution in [3.8, 4) is 0 Å².